The number of alkyl halides is 3. The topological polar surface area (TPSA) is 85.6 Å². The minimum atomic E-state index is -4.62. The molecule has 0 aliphatic heterocycles. The quantitative estimate of drug-likeness (QED) is 0.429. The minimum absolute atomic E-state index is 0.0350. The van der Waals surface area contributed by atoms with Crippen molar-refractivity contribution in [3.8, 4) is 0 Å². The number of amides is 1. The molecule has 32 heavy (non-hydrogen) atoms. The third-order valence-electron chi connectivity index (χ3n) is 4.70. The molecule has 164 valence electrons. The van der Waals surface area contributed by atoms with Crippen LogP contribution in [-0.4, -0.2) is 30.6 Å². The molecule has 0 aliphatic rings. The number of pyridine rings is 2. The largest absolute Gasteiger partial charge is 0.417 e. The number of para-hydroxylation sites is 1. The van der Waals surface area contributed by atoms with Gasteiger partial charge in [-0.05, 0) is 36.8 Å². The first kappa shape index (κ1) is 21.8. The molecule has 0 radical (unpaired) electrons. The van der Waals surface area contributed by atoms with Gasteiger partial charge in [-0.25, -0.2) is 9.97 Å². The fraction of sp³-hybridized carbons (Fsp3) is 0.190. The Morgan fingerprint density at radius 2 is 1.97 bits per heavy atom. The summed E-state index contributed by atoms with van der Waals surface area (Å²) >= 11 is 1.47. The smallest absolute Gasteiger partial charge is 0.312 e. The Labute approximate surface area is 185 Å². The van der Waals surface area contributed by atoms with Gasteiger partial charge in [-0.15, -0.1) is 10.2 Å². The van der Waals surface area contributed by atoms with Gasteiger partial charge in [0.25, 0.3) is 5.91 Å². The maximum Gasteiger partial charge on any atom is 0.417 e. The first-order chi connectivity index (χ1) is 15.2. The van der Waals surface area contributed by atoms with Gasteiger partial charge in [0.1, 0.15) is 17.8 Å². The lowest BCUT2D eigenvalue weighted by Gasteiger charge is -2.13. The molecule has 1 amide bonds. The molecule has 1 N–H and O–H groups in total. The molecule has 11 heteroatoms. The second-order valence-corrected chi connectivity index (χ2v) is 8.29. The summed E-state index contributed by atoms with van der Waals surface area (Å²) in [6.07, 6.45) is -1.51. The van der Waals surface area contributed by atoms with Gasteiger partial charge in [-0.3, -0.25) is 4.79 Å². The van der Waals surface area contributed by atoms with E-state index in [-0.39, 0.29) is 27.7 Å². The fourth-order valence-corrected chi connectivity index (χ4v) is 3.99. The summed E-state index contributed by atoms with van der Waals surface area (Å²) in [7, 11) is 1.83. The highest BCUT2D eigenvalue weighted by atomic mass is 32.2. The van der Waals surface area contributed by atoms with Crippen molar-refractivity contribution in [3.05, 3.63) is 71.8 Å². The molecule has 0 fully saturated rings. The molecule has 4 rings (SSSR count). The number of carbonyl (C=O) groups excluding carboxylic acids is 1. The number of aromatic nitrogens is 5. The Morgan fingerprint density at radius 3 is 2.69 bits per heavy atom. The molecule has 3 heterocycles. The lowest BCUT2D eigenvalue weighted by Crippen LogP contribution is -2.17. The first-order valence-electron chi connectivity index (χ1n) is 9.47. The summed E-state index contributed by atoms with van der Waals surface area (Å²) in [5.74, 6) is -0.569. The first-order valence-corrected chi connectivity index (χ1v) is 10.4. The lowest BCUT2D eigenvalue weighted by atomic mass is 10.1. The molecule has 0 saturated heterocycles. The number of nitrogens with one attached hydrogen (secondary N) is 1. The van der Waals surface area contributed by atoms with Gasteiger partial charge in [-0.1, -0.05) is 30.0 Å². The zero-order chi connectivity index (χ0) is 22.9. The predicted molar refractivity (Wildman–Crippen MR) is 114 cm³/mol. The molecule has 3 aromatic heterocycles. The number of aryl methyl sites for hydroxylation is 1. The number of hydrogen-bond donors (Lipinski definition) is 1. The van der Waals surface area contributed by atoms with Crippen molar-refractivity contribution in [3.63, 3.8) is 0 Å². The van der Waals surface area contributed by atoms with Crippen LogP contribution in [0.2, 0.25) is 0 Å². The van der Waals surface area contributed by atoms with E-state index in [0.717, 1.165) is 16.8 Å². The number of nitrogens with zero attached hydrogens (tertiary/aromatic N) is 5. The van der Waals surface area contributed by atoms with Gasteiger partial charge in [0, 0.05) is 23.9 Å². The number of thioether (sulfide) groups is 1. The van der Waals surface area contributed by atoms with Crippen molar-refractivity contribution in [2.24, 2.45) is 7.05 Å². The number of hydrogen-bond acceptors (Lipinski definition) is 6. The van der Waals surface area contributed by atoms with E-state index in [1.165, 1.54) is 36.2 Å². The van der Waals surface area contributed by atoms with Crippen LogP contribution in [0.3, 0.4) is 0 Å². The van der Waals surface area contributed by atoms with Crippen molar-refractivity contribution in [1.29, 1.82) is 0 Å². The highest BCUT2D eigenvalue weighted by molar-refractivity contribution is 7.99. The summed E-state index contributed by atoms with van der Waals surface area (Å²) in [6, 6.07) is 10.0. The van der Waals surface area contributed by atoms with Gasteiger partial charge in [-0.2, -0.15) is 13.2 Å². The summed E-state index contributed by atoms with van der Waals surface area (Å²) in [4.78, 5) is 20.9. The van der Waals surface area contributed by atoms with Crippen molar-refractivity contribution in [1.82, 2.24) is 24.7 Å². The van der Waals surface area contributed by atoms with Crippen LogP contribution >= 0.6 is 11.8 Å². The number of rotatable bonds is 5. The fourth-order valence-electron chi connectivity index (χ4n) is 3.08. The van der Waals surface area contributed by atoms with Crippen molar-refractivity contribution in [2.75, 3.05) is 5.32 Å². The van der Waals surface area contributed by atoms with E-state index >= 15 is 0 Å². The van der Waals surface area contributed by atoms with Gasteiger partial charge >= 0.3 is 6.18 Å². The molecule has 0 saturated carbocycles. The summed E-state index contributed by atoms with van der Waals surface area (Å²) < 4.78 is 42.4. The molecular formula is C21H17F3N6OS. The van der Waals surface area contributed by atoms with Crippen LogP contribution in [0, 0.1) is 0 Å². The average Bonchev–Trinajstić information content (AvgIpc) is 3.16. The van der Waals surface area contributed by atoms with E-state index in [9.17, 15) is 18.0 Å². The summed E-state index contributed by atoms with van der Waals surface area (Å²) in [5, 5.41) is 11.0. The molecular weight excluding hydrogens is 441 g/mol. The summed E-state index contributed by atoms with van der Waals surface area (Å²) in [5.41, 5.74) is -0.318. The lowest BCUT2D eigenvalue weighted by molar-refractivity contribution is -0.136. The third kappa shape index (κ3) is 4.57. The Hall–Kier alpha value is -3.47. The predicted octanol–water partition coefficient (Wildman–Crippen LogP) is 4.88. The van der Waals surface area contributed by atoms with Crippen molar-refractivity contribution < 1.29 is 18.0 Å². The molecule has 0 bridgehead atoms. The average molecular weight is 458 g/mol. The molecule has 7 nitrogen and oxygen atoms in total. The SMILES string of the molecule is C[C@H](Sc1nncn1C)c1ccnc(NC(=O)c2cc(C(F)(F)F)c3ccccc3n2)c1. The molecule has 1 aromatic carbocycles. The number of fused-ring (bicyclic) bond motifs is 1. The number of carbonyl (C=O) groups is 1. The number of anilines is 1. The normalized spacial score (nSPS) is 12.7. The van der Waals surface area contributed by atoms with Crippen molar-refractivity contribution >= 4 is 34.4 Å². The van der Waals surface area contributed by atoms with E-state index in [4.69, 9.17) is 0 Å². The molecule has 1 atom stereocenters. The van der Waals surface area contributed by atoms with Crippen LogP contribution in [0.4, 0.5) is 19.0 Å². The Morgan fingerprint density at radius 1 is 1.19 bits per heavy atom. The number of halogens is 3. The monoisotopic (exact) mass is 458 g/mol. The van der Waals surface area contributed by atoms with E-state index in [0.29, 0.717) is 0 Å². The second kappa shape index (κ2) is 8.58. The van der Waals surface area contributed by atoms with Crippen molar-refractivity contribution in [2.45, 2.75) is 23.5 Å². The maximum absolute atomic E-state index is 13.5. The minimum Gasteiger partial charge on any atom is -0.312 e. The third-order valence-corrected chi connectivity index (χ3v) is 5.91. The molecule has 0 aliphatic carbocycles. The zero-order valence-electron chi connectivity index (χ0n) is 17.0. The highest BCUT2D eigenvalue weighted by Gasteiger charge is 2.34. The van der Waals surface area contributed by atoms with Crippen LogP contribution in [0.1, 0.15) is 33.8 Å². The Bertz CT molecular complexity index is 1290. The Kier molecular flexibility index (Phi) is 5.83. The van der Waals surface area contributed by atoms with Crippen LogP contribution in [0.25, 0.3) is 10.9 Å². The van der Waals surface area contributed by atoms with Crippen LogP contribution < -0.4 is 5.32 Å². The molecule has 0 unspecified atom stereocenters. The van der Waals surface area contributed by atoms with Gasteiger partial charge in [0.2, 0.25) is 0 Å². The highest BCUT2D eigenvalue weighted by Crippen LogP contribution is 2.35. The van der Waals surface area contributed by atoms with E-state index in [1.807, 2.05) is 14.0 Å². The van der Waals surface area contributed by atoms with Gasteiger partial charge in [0.15, 0.2) is 5.16 Å². The van der Waals surface area contributed by atoms with Crippen LogP contribution in [0.15, 0.2) is 60.1 Å². The molecule has 4 aromatic rings. The maximum atomic E-state index is 13.5. The van der Waals surface area contributed by atoms with Gasteiger partial charge in [0.05, 0.1) is 11.1 Å². The Balaban J connectivity index is 1.59. The van der Waals surface area contributed by atoms with Crippen LogP contribution in [-0.2, 0) is 13.2 Å². The van der Waals surface area contributed by atoms with Crippen LogP contribution in [0.5, 0.6) is 0 Å². The van der Waals surface area contributed by atoms with Gasteiger partial charge < -0.3 is 9.88 Å². The van der Waals surface area contributed by atoms with E-state index < -0.39 is 17.6 Å². The second-order valence-electron chi connectivity index (χ2n) is 6.98. The molecule has 0 spiro atoms. The zero-order valence-corrected chi connectivity index (χ0v) is 17.8. The number of benzene rings is 1. The van der Waals surface area contributed by atoms with E-state index in [1.54, 1.807) is 29.1 Å². The van der Waals surface area contributed by atoms with E-state index in [2.05, 4.69) is 25.5 Å². The standard InChI is InChI=1S/C21H17F3N6OS/c1-12(32-20-29-26-11-30(20)2)13-7-8-25-18(9-13)28-19(31)17-10-15(21(22,23)24)14-5-3-4-6-16(14)27-17/h3-12H,1-2H3,(H,25,28,31)/t12-/m0/s1. The summed E-state index contributed by atoms with van der Waals surface area (Å²) in [6.45, 7) is 1.96.